The third kappa shape index (κ3) is 4.10. The van der Waals surface area contributed by atoms with Crippen LogP contribution >= 0.6 is 0 Å². The van der Waals surface area contributed by atoms with Crippen molar-refractivity contribution in [2.75, 3.05) is 25.0 Å². The van der Waals surface area contributed by atoms with Crippen molar-refractivity contribution in [2.45, 2.75) is 38.8 Å². The lowest BCUT2D eigenvalue weighted by Gasteiger charge is -2.21. The molecule has 8 nitrogen and oxygen atoms in total. The van der Waals surface area contributed by atoms with Gasteiger partial charge in [0.15, 0.2) is 0 Å². The number of nitrogens with one attached hydrogen (secondary N) is 1. The van der Waals surface area contributed by atoms with E-state index in [9.17, 15) is 19.2 Å². The zero-order valence-corrected chi connectivity index (χ0v) is 15.8. The van der Waals surface area contributed by atoms with Gasteiger partial charge in [-0.25, -0.2) is 4.79 Å². The molecule has 2 fully saturated rings. The molecule has 1 aliphatic heterocycles. The van der Waals surface area contributed by atoms with Crippen molar-refractivity contribution in [2.24, 2.45) is 0 Å². The van der Waals surface area contributed by atoms with Gasteiger partial charge in [-0.2, -0.15) is 0 Å². The highest BCUT2D eigenvalue weighted by Crippen LogP contribution is 2.26. The Kier molecular flexibility index (Phi) is 5.16. The Hall–Kier alpha value is -2.90. The zero-order valence-electron chi connectivity index (χ0n) is 15.8. The second kappa shape index (κ2) is 7.38. The summed E-state index contributed by atoms with van der Waals surface area (Å²) in [6.45, 7) is 3.10. The summed E-state index contributed by atoms with van der Waals surface area (Å²) in [7, 11) is 1.49. The van der Waals surface area contributed by atoms with Crippen LogP contribution in [0.1, 0.15) is 25.3 Å². The molecule has 2 aliphatic rings. The van der Waals surface area contributed by atoms with Crippen molar-refractivity contribution >= 4 is 29.4 Å². The number of aryl methyl sites for hydroxylation is 1. The quantitative estimate of drug-likeness (QED) is 0.751. The number of carbonyl (C=O) groups excluding carboxylic acids is 4. The standard InChI is InChI=1S/C19H24N4O4/c1-12-4-8-15(9-5-12)23-13(2)18(26)22(19(23)27)11-17(25)21(3)10-16(24)20-14-6-7-14/h4-5,8-9,13-14H,6-7,10-11H2,1-3H3,(H,20,24)/t13-/m0/s1. The smallest absolute Gasteiger partial charge is 0.332 e. The molecular formula is C19H24N4O4. The Morgan fingerprint density at radius 3 is 2.41 bits per heavy atom. The molecule has 1 saturated heterocycles. The lowest BCUT2D eigenvalue weighted by atomic mass is 10.2. The van der Waals surface area contributed by atoms with E-state index in [0.717, 1.165) is 23.3 Å². The summed E-state index contributed by atoms with van der Waals surface area (Å²) in [4.78, 5) is 53.0. The molecule has 8 heteroatoms. The first-order chi connectivity index (χ1) is 12.8. The molecule has 0 unspecified atom stereocenters. The van der Waals surface area contributed by atoms with Crippen LogP contribution < -0.4 is 10.2 Å². The van der Waals surface area contributed by atoms with E-state index in [-0.39, 0.29) is 25.0 Å². The Morgan fingerprint density at radius 2 is 1.81 bits per heavy atom. The largest absolute Gasteiger partial charge is 0.352 e. The van der Waals surface area contributed by atoms with Gasteiger partial charge >= 0.3 is 6.03 Å². The summed E-state index contributed by atoms with van der Waals surface area (Å²) in [5, 5.41) is 2.80. The SMILES string of the molecule is Cc1ccc(N2C(=O)N(CC(=O)N(C)CC(=O)NC3CC3)C(=O)[C@@H]2C)cc1. The molecule has 1 aliphatic carbocycles. The minimum absolute atomic E-state index is 0.0945. The second-order valence-electron chi connectivity index (χ2n) is 7.18. The van der Waals surface area contributed by atoms with Gasteiger partial charge in [0.25, 0.3) is 5.91 Å². The van der Waals surface area contributed by atoms with Crippen molar-refractivity contribution in [1.29, 1.82) is 0 Å². The van der Waals surface area contributed by atoms with Crippen LogP contribution in [0.4, 0.5) is 10.5 Å². The van der Waals surface area contributed by atoms with Crippen LogP contribution in [0, 0.1) is 6.92 Å². The molecule has 0 spiro atoms. The average molecular weight is 372 g/mol. The summed E-state index contributed by atoms with van der Waals surface area (Å²) in [6.07, 6.45) is 1.93. The maximum absolute atomic E-state index is 12.7. The number of hydrogen-bond acceptors (Lipinski definition) is 4. The number of hydrogen-bond donors (Lipinski definition) is 1. The molecule has 27 heavy (non-hydrogen) atoms. The first kappa shape index (κ1) is 18.9. The van der Waals surface area contributed by atoms with Crippen LogP contribution in [-0.2, 0) is 14.4 Å². The molecule has 1 aromatic rings. The fourth-order valence-electron chi connectivity index (χ4n) is 2.97. The Balaban J connectivity index is 1.64. The van der Waals surface area contributed by atoms with Crippen LogP contribution in [0.3, 0.4) is 0 Å². The Morgan fingerprint density at radius 1 is 1.19 bits per heavy atom. The number of urea groups is 1. The maximum atomic E-state index is 12.7. The van der Waals surface area contributed by atoms with Gasteiger partial charge in [-0.05, 0) is 38.8 Å². The number of imide groups is 1. The summed E-state index contributed by atoms with van der Waals surface area (Å²) in [5.41, 5.74) is 1.65. The van der Waals surface area contributed by atoms with Crippen molar-refractivity contribution in [3.63, 3.8) is 0 Å². The van der Waals surface area contributed by atoms with Gasteiger partial charge < -0.3 is 10.2 Å². The zero-order chi connectivity index (χ0) is 19.7. The monoisotopic (exact) mass is 372 g/mol. The van der Waals surface area contributed by atoms with Crippen molar-refractivity contribution in [3.8, 4) is 0 Å². The van der Waals surface area contributed by atoms with E-state index >= 15 is 0 Å². The summed E-state index contributed by atoms with van der Waals surface area (Å²) in [6, 6.07) is 6.27. The summed E-state index contributed by atoms with van der Waals surface area (Å²) in [5.74, 6) is -1.12. The molecule has 0 radical (unpaired) electrons. The summed E-state index contributed by atoms with van der Waals surface area (Å²) >= 11 is 0. The Labute approximate surface area is 158 Å². The molecule has 1 atom stereocenters. The average Bonchev–Trinajstić information content (AvgIpc) is 3.40. The normalized spacial score (nSPS) is 19.4. The number of carbonyl (C=O) groups is 4. The van der Waals surface area contributed by atoms with E-state index in [1.807, 2.05) is 19.1 Å². The molecular weight excluding hydrogens is 348 g/mol. The highest BCUT2D eigenvalue weighted by Gasteiger charge is 2.44. The van der Waals surface area contributed by atoms with Gasteiger partial charge in [0.2, 0.25) is 11.8 Å². The second-order valence-corrected chi connectivity index (χ2v) is 7.18. The van der Waals surface area contributed by atoms with Crippen LogP contribution in [0.15, 0.2) is 24.3 Å². The maximum Gasteiger partial charge on any atom is 0.332 e. The van der Waals surface area contributed by atoms with Crippen molar-refractivity contribution < 1.29 is 19.2 Å². The van der Waals surface area contributed by atoms with Crippen molar-refractivity contribution in [1.82, 2.24) is 15.1 Å². The van der Waals surface area contributed by atoms with E-state index in [1.54, 1.807) is 19.1 Å². The highest BCUT2D eigenvalue weighted by atomic mass is 16.2. The highest BCUT2D eigenvalue weighted by molar-refractivity contribution is 6.15. The van der Waals surface area contributed by atoms with Crippen LogP contribution in [-0.4, -0.2) is 65.8 Å². The molecule has 1 saturated carbocycles. The lowest BCUT2D eigenvalue weighted by Crippen LogP contribution is -2.45. The lowest BCUT2D eigenvalue weighted by molar-refractivity contribution is -0.138. The molecule has 1 heterocycles. The number of benzene rings is 1. The van der Waals surface area contributed by atoms with E-state index < -0.39 is 23.9 Å². The van der Waals surface area contributed by atoms with Crippen LogP contribution in [0.5, 0.6) is 0 Å². The van der Waals surface area contributed by atoms with Crippen LogP contribution in [0.25, 0.3) is 0 Å². The predicted octanol–water partition coefficient (Wildman–Crippen LogP) is 0.889. The molecule has 1 aromatic carbocycles. The minimum atomic E-state index is -0.684. The topological polar surface area (TPSA) is 90.0 Å². The molecule has 3 rings (SSSR count). The van der Waals surface area contributed by atoms with E-state index in [1.165, 1.54) is 16.8 Å². The first-order valence-corrected chi connectivity index (χ1v) is 9.02. The molecule has 0 aromatic heterocycles. The number of rotatable bonds is 6. The van der Waals surface area contributed by atoms with Crippen LogP contribution in [0.2, 0.25) is 0 Å². The third-order valence-electron chi connectivity index (χ3n) is 4.80. The Bertz CT molecular complexity index is 772. The van der Waals surface area contributed by atoms with E-state index in [0.29, 0.717) is 5.69 Å². The minimum Gasteiger partial charge on any atom is -0.352 e. The molecule has 0 bridgehead atoms. The fraction of sp³-hybridized carbons (Fsp3) is 0.474. The van der Waals surface area contributed by atoms with Gasteiger partial charge in [-0.3, -0.25) is 24.2 Å². The first-order valence-electron chi connectivity index (χ1n) is 9.02. The number of anilines is 1. The predicted molar refractivity (Wildman–Crippen MR) is 99.0 cm³/mol. The van der Waals surface area contributed by atoms with Crippen molar-refractivity contribution in [3.05, 3.63) is 29.8 Å². The fourth-order valence-corrected chi connectivity index (χ4v) is 2.97. The molecule has 1 N–H and O–H groups in total. The van der Waals surface area contributed by atoms with Gasteiger partial charge in [-0.15, -0.1) is 0 Å². The van der Waals surface area contributed by atoms with Gasteiger partial charge in [0.05, 0.1) is 6.54 Å². The molecule has 5 amide bonds. The van der Waals surface area contributed by atoms with Gasteiger partial charge in [-0.1, -0.05) is 17.7 Å². The third-order valence-corrected chi connectivity index (χ3v) is 4.80. The van der Waals surface area contributed by atoms with E-state index in [2.05, 4.69) is 5.32 Å². The van der Waals surface area contributed by atoms with Gasteiger partial charge in [0.1, 0.15) is 12.6 Å². The number of likely N-dealkylation sites (N-methyl/N-ethyl adjacent to an activating group) is 1. The molecule has 144 valence electrons. The number of nitrogens with zero attached hydrogens (tertiary/aromatic N) is 3. The van der Waals surface area contributed by atoms with Gasteiger partial charge in [0, 0.05) is 18.8 Å². The van der Waals surface area contributed by atoms with E-state index in [4.69, 9.17) is 0 Å². The summed E-state index contributed by atoms with van der Waals surface area (Å²) < 4.78 is 0. The number of amides is 5.